The molecule has 0 bridgehead atoms. The van der Waals surface area contributed by atoms with E-state index in [1.54, 1.807) is 12.1 Å². The predicted octanol–water partition coefficient (Wildman–Crippen LogP) is 1.25. The van der Waals surface area contributed by atoms with Crippen molar-refractivity contribution >= 4 is 15.8 Å². The number of carboxylic acid groups (broad SMARTS) is 1. The predicted molar refractivity (Wildman–Crippen MR) is 67.5 cm³/mol. The van der Waals surface area contributed by atoms with Crippen molar-refractivity contribution in [3.8, 4) is 11.3 Å². The van der Waals surface area contributed by atoms with Crippen LogP contribution in [0.1, 0.15) is 10.5 Å². The van der Waals surface area contributed by atoms with Crippen LogP contribution in [0.2, 0.25) is 0 Å². The largest absolute Gasteiger partial charge is 0.477 e. The number of hydrogen-bond donors (Lipinski definition) is 1. The number of carbonyl (C=O) groups is 1. The molecule has 2 rings (SSSR count). The summed E-state index contributed by atoms with van der Waals surface area (Å²) in [6, 6.07) is 7.45. The van der Waals surface area contributed by atoms with Crippen molar-refractivity contribution in [2.24, 2.45) is 0 Å². The molecular weight excluding hydrogens is 268 g/mol. The Bertz CT molecular complexity index is 741. The van der Waals surface area contributed by atoms with Crippen molar-refractivity contribution in [3.63, 3.8) is 0 Å². The summed E-state index contributed by atoms with van der Waals surface area (Å²) in [5, 5.41) is 8.85. The van der Waals surface area contributed by atoms with Gasteiger partial charge >= 0.3 is 5.97 Å². The molecule has 1 aromatic heterocycles. The molecule has 0 aliphatic carbocycles. The van der Waals surface area contributed by atoms with Gasteiger partial charge < -0.3 is 5.11 Å². The Morgan fingerprint density at radius 2 is 1.95 bits per heavy atom. The van der Waals surface area contributed by atoms with E-state index in [1.165, 1.54) is 18.2 Å². The molecule has 1 aromatic carbocycles. The zero-order chi connectivity index (χ0) is 14.0. The molecule has 0 aliphatic heterocycles. The summed E-state index contributed by atoms with van der Waals surface area (Å²) >= 11 is 0. The summed E-state index contributed by atoms with van der Waals surface area (Å²) in [7, 11) is -3.32. The Morgan fingerprint density at radius 3 is 2.58 bits per heavy atom. The number of sulfone groups is 1. The van der Waals surface area contributed by atoms with Crippen LogP contribution in [0.3, 0.4) is 0 Å². The van der Waals surface area contributed by atoms with Crippen molar-refractivity contribution in [2.75, 3.05) is 6.26 Å². The van der Waals surface area contributed by atoms with Crippen LogP contribution in [0.4, 0.5) is 0 Å². The van der Waals surface area contributed by atoms with Gasteiger partial charge in [0, 0.05) is 11.8 Å². The van der Waals surface area contributed by atoms with Crippen LogP contribution in [0, 0.1) is 0 Å². The Hall–Kier alpha value is -2.28. The van der Waals surface area contributed by atoms with Crippen molar-refractivity contribution < 1.29 is 18.3 Å². The molecule has 0 unspecified atom stereocenters. The van der Waals surface area contributed by atoms with E-state index >= 15 is 0 Å². The van der Waals surface area contributed by atoms with Crippen LogP contribution < -0.4 is 0 Å². The molecule has 19 heavy (non-hydrogen) atoms. The third-order valence-electron chi connectivity index (χ3n) is 2.44. The highest BCUT2D eigenvalue weighted by molar-refractivity contribution is 7.90. The average molecular weight is 278 g/mol. The fourth-order valence-electron chi connectivity index (χ4n) is 1.52. The second-order valence-corrected chi connectivity index (χ2v) is 5.91. The first kappa shape index (κ1) is 13.2. The molecule has 0 aliphatic rings. The SMILES string of the molecule is CS(=O)(=O)c1cccc(-c2cc(C(=O)O)ncn2)c1. The van der Waals surface area contributed by atoms with Crippen LogP contribution in [-0.2, 0) is 9.84 Å². The standard InChI is InChI=1S/C12H10N2O4S/c1-19(17,18)9-4-2-3-8(5-9)10-6-11(12(15)16)14-7-13-10/h2-7H,1H3,(H,15,16). The van der Waals surface area contributed by atoms with Crippen LogP contribution in [0.5, 0.6) is 0 Å². The van der Waals surface area contributed by atoms with Gasteiger partial charge in [0.1, 0.15) is 6.33 Å². The molecule has 0 saturated carbocycles. The first-order valence-electron chi connectivity index (χ1n) is 5.24. The Labute approximate surface area is 109 Å². The average Bonchev–Trinajstić information content (AvgIpc) is 2.38. The Kier molecular flexibility index (Phi) is 3.30. The monoisotopic (exact) mass is 278 g/mol. The van der Waals surface area contributed by atoms with E-state index in [0.717, 1.165) is 12.6 Å². The minimum Gasteiger partial charge on any atom is -0.477 e. The van der Waals surface area contributed by atoms with Gasteiger partial charge in [-0.1, -0.05) is 12.1 Å². The third-order valence-corrected chi connectivity index (χ3v) is 3.55. The summed E-state index contributed by atoms with van der Waals surface area (Å²) in [6.07, 6.45) is 2.24. The summed E-state index contributed by atoms with van der Waals surface area (Å²) in [5.74, 6) is -1.16. The molecule has 1 heterocycles. The zero-order valence-corrected chi connectivity index (χ0v) is 10.8. The van der Waals surface area contributed by atoms with Gasteiger partial charge in [0.15, 0.2) is 15.5 Å². The number of nitrogens with zero attached hydrogens (tertiary/aromatic N) is 2. The molecule has 98 valence electrons. The summed E-state index contributed by atoms with van der Waals surface area (Å²) < 4.78 is 22.9. The van der Waals surface area contributed by atoms with Gasteiger partial charge in [0.2, 0.25) is 0 Å². The first-order valence-corrected chi connectivity index (χ1v) is 7.13. The quantitative estimate of drug-likeness (QED) is 0.907. The molecule has 0 amide bonds. The van der Waals surface area contributed by atoms with Gasteiger partial charge in [-0.2, -0.15) is 0 Å². The maximum absolute atomic E-state index is 11.5. The Balaban J connectivity index is 2.54. The van der Waals surface area contributed by atoms with E-state index in [-0.39, 0.29) is 10.6 Å². The molecular formula is C12H10N2O4S. The second-order valence-electron chi connectivity index (χ2n) is 3.89. The molecule has 7 heteroatoms. The second kappa shape index (κ2) is 4.77. The highest BCUT2D eigenvalue weighted by Gasteiger charge is 2.11. The minimum atomic E-state index is -3.32. The molecule has 0 fully saturated rings. The maximum Gasteiger partial charge on any atom is 0.354 e. The highest BCUT2D eigenvalue weighted by Crippen LogP contribution is 2.20. The highest BCUT2D eigenvalue weighted by atomic mass is 32.2. The lowest BCUT2D eigenvalue weighted by atomic mass is 10.1. The van der Waals surface area contributed by atoms with E-state index in [0.29, 0.717) is 11.3 Å². The van der Waals surface area contributed by atoms with E-state index in [9.17, 15) is 13.2 Å². The first-order chi connectivity index (χ1) is 8.88. The summed E-state index contributed by atoms with van der Waals surface area (Å²) in [4.78, 5) is 18.5. The smallest absolute Gasteiger partial charge is 0.354 e. The lowest BCUT2D eigenvalue weighted by Gasteiger charge is -2.04. The molecule has 0 atom stereocenters. The molecule has 2 aromatic rings. The maximum atomic E-state index is 11.5. The van der Waals surface area contributed by atoms with E-state index in [4.69, 9.17) is 5.11 Å². The number of benzene rings is 1. The van der Waals surface area contributed by atoms with Crippen LogP contribution >= 0.6 is 0 Å². The molecule has 6 nitrogen and oxygen atoms in total. The van der Waals surface area contributed by atoms with Crippen molar-refractivity contribution in [1.82, 2.24) is 9.97 Å². The van der Waals surface area contributed by atoms with Crippen molar-refractivity contribution in [1.29, 1.82) is 0 Å². The number of aromatic nitrogens is 2. The lowest BCUT2D eigenvalue weighted by molar-refractivity contribution is 0.0690. The van der Waals surface area contributed by atoms with Gasteiger partial charge in [-0.15, -0.1) is 0 Å². The number of carboxylic acids is 1. The van der Waals surface area contributed by atoms with Crippen molar-refractivity contribution in [2.45, 2.75) is 4.90 Å². The Morgan fingerprint density at radius 1 is 1.21 bits per heavy atom. The van der Waals surface area contributed by atoms with Crippen LogP contribution in [0.25, 0.3) is 11.3 Å². The lowest BCUT2D eigenvalue weighted by Crippen LogP contribution is -2.01. The van der Waals surface area contributed by atoms with E-state index < -0.39 is 15.8 Å². The topological polar surface area (TPSA) is 97.2 Å². The van der Waals surface area contributed by atoms with Crippen LogP contribution in [-0.4, -0.2) is 35.7 Å². The van der Waals surface area contributed by atoms with Gasteiger partial charge in [-0.3, -0.25) is 0 Å². The fraction of sp³-hybridized carbons (Fsp3) is 0.0833. The van der Waals surface area contributed by atoms with Gasteiger partial charge in [-0.05, 0) is 18.2 Å². The third kappa shape index (κ3) is 2.94. The fourth-order valence-corrected chi connectivity index (χ4v) is 2.19. The minimum absolute atomic E-state index is 0.144. The van der Waals surface area contributed by atoms with Gasteiger partial charge in [0.05, 0.1) is 10.6 Å². The molecule has 1 N–H and O–H groups in total. The molecule has 0 spiro atoms. The number of hydrogen-bond acceptors (Lipinski definition) is 5. The van der Waals surface area contributed by atoms with Crippen LogP contribution in [0.15, 0.2) is 41.6 Å². The van der Waals surface area contributed by atoms with Crippen molar-refractivity contribution in [3.05, 3.63) is 42.4 Å². The number of rotatable bonds is 3. The van der Waals surface area contributed by atoms with Gasteiger partial charge in [0.25, 0.3) is 0 Å². The normalized spacial score (nSPS) is 11.2. The van der Waals surface area contributed by atoms with Gasteiger partial charge in [-0.25, -0.2) is 23.2 Å². The number of aromatic carboxylic acids is 1. The summed E-state index contributed by atoms with van der Waals surface area (Å²) in [5.41, 5.74) is 0.737. The van der Waals surface area contributed by atoms with E-state index in [2.05, 4.69) is 9.97 Å². The molecule has 0 radical (unpaired) electrons. The zero-order valence-electron chi connectivity index (χ0n) is 9.94. The van der Waals surface area contributed by atoms with E-state index in [1.807, 2.05) is 0 Å². The summed E-state index contributed by atoms with van der Waals surface area (Å²) in [6.45, 7) is 0. The molecule has 0 saturated heterocycles.